The molecule has 126 valence electrons. The van der Waals surface area contributed by atoms with Gasteiger partial charge in [-0.05, 0) is 48.7 Å². The van der Waals surface area contributed by atoms with Gasteiger partial charge in [0.25, 0.3) is 0 Å². The standard InChI is InChI=1S/C19H21NO4/c1-13-6-7-14(2)17(10-13)24-9-8-18(21)20-16-5-3-4-15(11-16)12-19(22)23/h3-7,10-11H,8-9,12H2,1-2H3,(H,20,21)(H,22,23). The van der Waals surface area contributed by atoms with Crippen molar-refractivity contribution in [1.82, 2.24) is 0 Å². The quantitative estimate of drug-likeness (QED) is 0.818. The van der Waals surface area contributed by atoms with Crippen LogP contribution in [-0.2, 0) is 16.0 Å². The van der Waals surface area contributed by atoms with Gasteiger partial charge in [-0.15, -0.1) is 0 Å². The van der Waals surface area contributed by atoms with Gasteiger partial charge in [0, 0.05) is 5.69 Å². The molecule has 0 spiro atoms. The Kier molecular flexibility index (Phi) is 5.95. The van der Waals surface area contributed by atoms with E-state index in [4.69, 9.17) is 9.84 Å². The first kappa shape index (κ1) is 17.5. The third kappa shape index (κ3) is 5.43. The molecular formula is C19H21NO4. The van der Waals surface area contributed by atoms with Crippen molar-refractivity contribution in [2.45, 2.75) is 26.7 Å². The predicted octanol–water partition coefficient (Wildman–Crippen LogP) is 3.34. The Balaban J connectivity index is 1.85. The topological polar surface area (TPSA) is 75.6 Å². The van der Waals surface area contributed by atoms with Crippen molar-refractivity contribution in [3.63, 3.8) is 0 Å². The van der Waals surface area contributed by atoms with Gasteiger partial charge in [-0.1, -0.05) is 24.3 Å². The van der Waals surface area contributed by atoms with Gasteiger partial charge in [0.2, 0.25) is 5.91 Å². The highest BCUT2D eigenvalue weighted by Gasteiger charge is 2.06. The monoisotopic (exact) mass is 327 g/mol. The Morgan fingerprint density at radius 1 is 1.12 bits per heavy atom. The summed E-state index contributed by atoms with van der Waals surface area (Å²) in [6.45, 7) is 4.23. The average molecular weight is 327 g/mol. The molecule has 0 fully saturated rings. The van der Waals surface area contributed by atoms with Crippen molar-refractivity contribution in [3.05, 3.63) is 59.2 Å². The van der Waals surface area contributed by atoms with Gasteiger partial charge in [0.1, 0.15) is 5.75 Å². The fraction of sp³-hybridized carbons (Fsp3) is 0.263. The summed E-state index contributed by atoms with van der Waals surface area (Å²) in [6.07, 6.45) is 0.149. The Hall–Kier alpha value is -2.82. The number of carboxylic acids is 1. The number of hydrogen-bond acceptors (Lipinski definition) is 3. The predicted molar refractivity (Wildman–Crippen MR) is 92.4 cm³/mol. The van der Waals surface area contributed by atoms with Crippen LogP contribution in [-0.4, -0.2) is 23.6 Å². The molecule has 2 aromatic rings. The number of carbonyl (C=O) groups is 2. The van der Waals surface area contributed by atoms with Gasteiger partial charge >= 0.3 is 5.97 Å². The maximum absolute atomic E-state index is 12.0. The van der Waals surface area contributed by atoms with E-state index in [1.807, 2.05) is 32.0 Å². The number of anilines is 1. The first-order chi connectivity index (χ1) is 11.4. The summed E-state index contributed by atoms with van der Waals surface area (Å²) >= 11 is 0. The lowest BCUT2D eigenvalue weighted by atomic mass is 10.1. The van der Waals surface area contributed by atoms with Crippen LogP contribution < -0.4 is 10.1 Å². The zero-order valence-electron chi connectivity index (χ0n) is 13.8. The highest BCUT2D eigenvalue weighted by molar-refractivity contribution is 5.91. The van der Waals surface area contributed by atoms with Gasteiger partial charge in [-0.2, -0.15) is 0 Å². The summed E-state index contributed by atoms with van der Waals surface area (Å²) in [7, 11) is 0. The van der Waals surface area contributed by atoms with Crippen molar-refractivity contribution in [1.29, 1.82) is 0 Å². The molecule has 5 heteroatoms. The number of amides is 1. The maximum Gasteiger partial charge on any atom is 0.307 e. The molecule has 1 amide bonds. The Morgan fingerprint density at radius 3 is 2.67 bits per heavy atom. The van der Waals surface area contributed by atoms with Crippen molar-refractivity contribution in [2.24, 2.45) is 0 Å². The highest BCUT2D eigenvalue weighted by atomic mass is 16.5. The van der Waals surface area contributed by atoms with Crippen LogP contribution in [0.1, 0.15) is 23.1 Å². The van der Waals surface area contributed by atoms with Crippen molar-refractivity contribution >= 4 is 17.6 Å². The van der Waals surface area contributed by atoms with Gasteiger partial charge in [0.05, 0.1) is 19.4 Å². The number of ether oxygens (including phenoxy) is 1. The van der Waals surface area contributed by atoms with E-state index in [1.54, 1.807) is 24.3 Å². The second-order valence-electron chi connectivity index (χ2n) is 5.69. The lowest BCUT2D eigenvalue weighted by molar-refractivity contribution is -0.136. The minimum atomic E-state index is -0.902. The zero-order chi connectivity index (χ0) is 17.5. The van der Waals surface area contributed by atoms with Crippen LogP contribution in [0.25, 0.3) is 0 Å². The van der Waals surface area contributed by atoms with Gasteiger partial charge in [-0.3, -0.25) is 9.59 Å². The zero-order valence-corrected chi connectivity index (χ0v) is 13.8. The molecular weight excluding hydrogens is 306 g/mol. The molecule has 24 heavy (non-hydrogen) atoms. The molecule has 2 N–H and O–H groups in total. The van der Waals surface area contributed by atoms with E-state index < -0.39 is 5.97 Å². The second kappa shape index (κ2) is 8.15. The molecule has 0 atom stereocenters. The lowest BCUT2D eigenvalue weighted by Gasteiger charge is -2.10. The van der Waals surface area contributed by atoms with Crippen LogP contribution in [0.15, 0.2) is 42.5 Å². The van der Waals surface area contributed by atoms with E-state index >= 15 is 0 Å². The van der Waals surface area contributed by atoms with E-state index in [9.17, 15) is 9.59 Å². The molecule has 0 aliphatic carbocycles. The Bertz CT molecular complexity index is 740. The molecule has 5 nitrogen and oxygen atoms in total. The van der Waals surface area contributed by atoms with Crippen LogP contribution >= 0.6 is 0 Å². The van der Waals surface area contributed by atoms with Crippen molar-refractivity contribution in [3.8, 4) is 5.75 Å². The molecule has 0 radical (unpaired) electrons. The van der Waals surface area contributed by atoms with Crippen LogP contribution in [0.3, 0.4) is 0 Å². The highest BCUT2D eigenvalue weighted by Crippen LogP contribution is 2.19. The number of hydrogen-bond donors (Lipinski definition) is 2. The number of carboxylic acid groups (broad SMARTS) is 1. The summed E-state index contributed by atoms with van der Waals surface area (Å²) < 4.78 is 5.66. The van der Waals surface area contributed by atoms with Gasteiger partial charge < -0.3 is 15.2 Å². The van der Waals surface area contributed by atoms with Gasteiger partial charge in [0.15, 0.2) is 0 Å². The van der Waals surface area contributed by atoms with E-state index in [-0.39, 0.29) is 25.4 Å². The largest absolute Gasteiger partial charge is 0.493 e. The van der Waals surface area contributed by atoms with Crippen LogP contribution in [0.2, 0.25) is 0 Å². The summed E-state index contributed by atoms with van der Waals surface area (Å²) in [5.41, 5.74) is 3.37. The first-order valence-electron chi connectivity index (χ1n) is 7.74. The Morgan fingerprint density at radius 2 is 1.92 bits per heavy atom. The fourth-order valence-corrected chi connectivity index (χ4v) is 2.27. The lowest BCUT2D eigenvalue weighted by Crippen LogP contribution is -2.15. The minimum Gasteiger partial charge on any atom is -0.493 e. The van der Waals surface area contributed by atoms with Crippen molar-refractivity contribution < 1.29 is 19.4 Å². The van der Waals surface area contributed by atoms with Crippen LogP contribution in [0.4, 0.5) is 5.69 Å². The summed E-state index contributed by atoms with van der Waals surface area (Å²) in [4.78, 5) is 22.7. The number of aliphatic carboxylic acids is 1. The van der Waals surface area contributed by atoms with Gasteiger partial charge in [-0.25, -0.2) is 0 Å². The molecule has 2 aromatic carbocycles. The summed E-state index contributed by atoms with van der Waals surface area (Å²) in [5, 5.41) is 11.6. The normalized spacial score (nSPS) is 10.2. The number of benzene rings is 2. The third-order valence-corrected chi connectivity index (χ3v) is 3.50. The van der Waals surface area contributed by atoms with Crippen LogP contribution in [0.5, 0.6) is 5.75 Å². The molecule has 0 saturated carbocycles. The molecule has 0 unspecified atom stereocenters. The molecule has 0 aromatic heterocycles. The first-order valence-corrected chi connectivity index (χ1v) is 7.74. The molecule has 0 aliphatic rings. The summed E-state index contributed by atoms with van der Waals surface area (Å²) in [6, 6.07) is 12.8. The SMILES string of the molecule is Cc1ccc(C)c(OCCC(=O)Nc2cccc(CC(=O)O)c2)c1. The number of rotatable bonds is 7. The molecule has 2 rings (SSSR count). The fourth-order valence-electron chi connectivity index (χ4n) is 2.27. The second-order valence-corrected chi connectivity index (χ2v) is 5.69. The smallest absolute Gasteiger partial charge is 0.307 e. The molecule has 0 bridgehead atoms. The van der Waals surface area contributed by atoms with E-state index in [2.05, 4.69) is 5.32 Å². The molecule has 0 heterocycles. The van der Waals surface area contributed by atoms with E-state index in [0.29, 0.717) is 11.3 Å². The maximum atomic E-state index is 12.0. The Labute approximate surface area is 141 Å². The number of carbonyl (C=O) groups excluding carboxylic acids is 1. The summed E-state index contributed by atoms with van der Waals surface area (Å²) in [5.74, 6) is -0.292. The number of nitrogens with one attached hydrogen (secondary N) is 1. The minimum absolute atomic E-state index is 0.0700. The van der Waals surface area contributed by atoms with E-state index in [0.717, 1.165) is 16.9 Å². The molecule has 0 aliphatic heterocycles. The third-order valence-electron chi connectivity index (χ3n) is 3.50. The molecule has 0 saturated heterocycles. The van der Waals surface area contributed by atoms with Crippen molar-refractivity contribution in [2.75, 3.05) is 11.9 Å². The number of aryl methyl sites for hydroxylation is 2. The van der Waals surface area contributed by atoms with E-state index in [1.165, 1.54) is 0 Å². The average Bonchev–Trinajstić information content (AvgIpc) is 2.50. The van der Waals surface area contributed by atoms with Crippen LogP contribution in [0, 0.1) is 13.8 Å².